The first-order chi connectivity index (χ1) is 10.2. The quantitative estimate of drug-likeness (QED) is 0.869. The largest absolute Gasteiger partial charge is 0.478 e. The highest BCUT2D eigenvalue weighted by atomic mass is 35.5. The van der Waals surface area contributed by atoms with Crippen LogP contribution in [-0.2, 0) is 10.0 Å². The predicted molar refractivity (Wildman–Crippen MR) is 85.4 cm³/mol. The van der Waals surface area contributed by atoms with Crippen molar-refractivity contribution in [3.8, 4) is 0 Å². The van der Waals surface area contributed by atoms with Crippen molar-refractivity contribution < 1.29 is 18.3 Å². The zero-order chi connectivity index (χ0) is 16.5. The van der Waals surface area contributed by atoms with E-state index in [1.165, 1.54) is 18.2 Å². The fourth-order valence-corrected chi connectivity index (χ4v) is 3.69. The highest BCUT2D eigenvalue weighted by Crippen LogP contribution is 2.28. The first-order valence-electron chi connectivity index (χ1n) is 6.02. The van der Waals surface area contributed by atoms with Gasteiger partial charge >= 0.3 is 5.97 Å². The number of halogens is 2. The maximum absolute atomic E-state index is 12.4. The summed E-state index contributed by atoms with van der Waals surface area (Å²) in [6, 6.07) is 8.26. The highest BCUT2D eigenvalue weighted by molar-refractivity contribution is 7.92. The van der Waals surface area contributed by atoms with Crippen LogP contribution in [0, 0.1) is 6.92 Å². The van der Waals surface area contributed by atoms with Crippen molar-refractivity contribution in [2.75, 3.05) is 4.72 Å². The van der Waals surface area contributed by atoms with E-state index < -0.39 is 16.0 Å². The molecule has 5 nitrogen and oxygen atoms in total. The summed E-state index contributed by atoms with van der Waals surface area (Å²) in [5, 5.41) is 9.10. The van der Waals surface area contributed by atoms with E-state index in [1.54, 1.807) is 12.1 Å². The highest BCUT2D eigenvalue weighted by Gasteiger charge is 2.21. The number of anilines is 1. The first kappa shape index (κ1) is 16.6. The topological polar surface area (TPSA) is 83.5 Å². The summed E-state index contributed by atoms with van der Waals surface area (Å²) in [7, 11) is -4.07. The third-order valence-corrected chi connectivity index (χ3v) is 5.00. The Labute approximate surface area is 137 Å². The van der Waals surface area contributed by atoms with Crippen molar-refractivity contribution >= 4 is 44.9 Å². The molecule has 0 spiro atoms. The molecule has 0 radical (unpaired) electrons. The van der Waals surface area contributed by atoms with Gasteiger partial charge in [-0.15, -0.1) is 0 Å². The Morgan fingerprint density at radius 3 is 2.36 bits per heavy atom. The third kappa shape index (κ3) is 3.52. The standard InChI is InChI=1S/C14H11Cl2NO4S/c1-8-2-5-12(11(16)6-8)17-22(20,21)13-7-9(14(18)19)3-4-10(13)15/h2-7,17H,1H3,(H,18,19). The smallest absolute Gasteiger partial charge is 0.335 e. The summed E-state index contributed by atoms with van der Waals surface area (Å²) in [6.45, 7) is 1.82. The van der Waals surface area contributed by atoms with Crippen LogP contribution in [0.15, 0.2) is 41.3 Å². The average molecular weight is 360 g/mol. The number of hydrogen-bond acceptors (Lipinski definition) is 3. The number of sulfonamides is 1. The van der Waals surface area contributed by atoms with Gasteiger partial charge in [-0.25, -0.2) is 13.2 Å². The average Bonchev–Trinajstić information content (AvgIpc) is 2.42. The minimum Gasteiger partial charge on any atom is -0.478 e. The number of carbonyl (C=O) groups is 1. The molecule has 22 heavy (non-hydrogen) atoms. The minimum absolute atomic E-state index is 0.0827. The van der Waals surface area contributed by atoms with Gasteiger partial charge in [0.05, 0.1) is 21.3 Å². The molecule has 0 fully saturated rings. The molecule has 0 bridgehead atoms. The van der Waals surface area contributed by atoms with E-state index in [1.807, 2.05) is 6.92 Å². The molecule has 0 aliphatic rings. The van der Waals surface area contributed by atoms with Crippen LogP contribution in [0.25, 0.3) is 0 Å². The van der Waals surface area contributed by atoms with Gasteiger partial charge in [-0.1, -0.05) is 29.3 Å². The lowest BCUT2D eigenvalue weighted by Crippen LogP contribution is -2.14. The van der Waals surface area contributed by atoms with E-state index in [0.717, 1.165) is 11.6 Å². The van der Waals surface area contributed by atoms with E-state index in [-0.39, 0.29) is 26.2 Å². The molecule has 2 aromatic carbocycles. The molecule has 2 N–H and O–H groups in total. The zero-order valence-electron chi connectivity index (χ0n) is 11.3. The lowest BCUT2D eigenvalue weighted by atomic mass is 10.2. The molecule has 0 atom stereocenters. The van der Waals surface area contributed by atoms with Crippen LogP contribution in [0.2, 0.25) is 10.0 Å². The van der Waals surface area contributed by atoms with Crippen LogP contribution in [0.4, 0.5) is 5.69 Å². The molecule has 0 aliphatic carbocycles. The summed E-state index contributed by atoms with van der Waals surface area (Å²) in [5.41, 5.74) is 0.877. The zero-order valence-corrected chi connectivity index (χ0v) is 13.6. The summed E-state index contributed by atoms with van der Waals surface area (Å²) in [4.78, 5) is 10.6. The Hall–Kier alpha value is -1.76. The van der Waals surface area contributed by atoms with E-state index in [2.05, 4.69) is 4.72 Å². The van der Waals surface area contributed by atoms with Crippen molar-refractivity contribution in [3.05, 3.63) is 57.6 Å². The van der Waals surface area contributed by atoms with Crippen LogP contribution in [-0.4, -0.2) is 19.5 Å². The maximum atomic E-state index is 12.4. The summed E-state index contributed by atoms with van der Waals surface area (Å²) in [6.07, 6.45) is 0. The normalized spacial score (nSPS) is 11.2. The molecule has 2 aromatic rings. The molecule has 0 amide bonds. The molecule has 116 valence electrons. The van der Waals surface area contributed by atoms with Gasteiger partial charge in [0.1, 0.15) is 4.90 Å². The molecule has 0 saturated carbocycles. The van der Waals surface area contributed by atoms with E-state index in [0.29, 0.717) is 0 Å². The number of carboxylic acids is 1. The lowest BCUT2D eigenvalue weighted by Gasteiger charge is -2.11. The second-order valence-electron chi connectivity index (χ2n) is 4.54. The Morgan fingerprint density at radius 1 is 1.09 bits per heavy atom. The van der Waals surface area contributed by atoms with Gasteiger partial charge in [-0.2, -0.15) is 0 Å². The van der Waals surface area contributed by atoms with Crippen LogP contribution in [0.3, 0.4) is 0 Å². The molecular weight excluding hydrogens is 349 g/mol. The number of aryl methyl sites for hydroxylation is 1. The van der Waals surface area contributed by atoms with E-state index in [4.69, 9.17) is 28.3 Å². The molecular formula is C14H11Cl2NO4S. The van der Waals surface area contributed by atoms with Gasteiger partial charge in [-0.3, -0.25) is 4.72 Å². The molecule has 0 unspecified atom stereocenters. The molecule has 0 aromatic heterocycles. The van der Waals surface area contributed by atoms with Crippen LogP contribution in [0.5, 0.6) is 0 Å². The summed E-state index contributed by atoms with van der Waals surface area (Å²) < 4.78 is 27.1. The second kappa shape index (κ2) is 6.16. The summed E-state index contributed by atoms with van der Waals surface area (Å²) >= 11 is 11.9. The van der Waals surface area contributed by atoms with Gasteiger partial charge in [0.15, 0.2) is 0 Å². The van der Waals surface area contributed by atoms with Gasteiger partial charge in [-0.05, 0) is 42.8 Å². The van der Waals surface area contributed by atoms with Crippen molar-refractivity contribution in [1.29, 1.82) is 0 Å². The van der Waals surface area contributed by atoms with Gasteiger partial charge in [0.2, 0.25) is 0 Å². The van der Waals surface area contributed by atoms with Crippen molar-refractivity contribution in [1.82, 2.24) is 0 Å². The number of carboxylic acid groups (broad SMARTS) is 1. The Kier molecular flexibility index (Phi) is 4.65. The summed E-state index contributed by atoms with van der Waals surface area (Å²) in [5.74, 6) is -1.25. The predicted octanol–water partition coefficient (Wildman–Crippen LogP) is 3.80. The first-order valence-corrected chi connectivity index (χ1v) is 8.26. The van der Waals surface area contributed by atoms with Crippen molar-refractivity contribution in [3.63, 3.8) is 0 Å². The van der Waals surface area contributed by atoms with Gasteiger partial charge in [0, 0.05) is 0 Å². The number of nitrogens with one attached hydrogen (secondary N) is 1. The number of aromatic carboxylic acids is 1. The molecule has 0 saturated heterocycles. The molecule has 2 rings (SSSR count). The molecule has 0 heterocycles. The Bertz CT molecular complexity index is 850. The maximum Gasteiger partial charge on any atom is 0.335 e. The number of rotatable bonds is 4. The number of hydrogen-bond donors (Lipinski definition) is 2. The van der Waals surface area contributed by atoms with Gasteiger partial charge < -0.3 is 5.11 Å². The Morgan fingerprint density at radius 2 is 1.77 bits per heavy atom. The van der Waals surface area contributed by atoms with Crippen LogP contribution in [0.1, 0.15) is 15.9 Å². The van der Waals surface area contributed by atoms with Crippen molar-refractivity contribution in [2.24, 2.45) is 0 Å². The SMILES string of the molecule is Cc1ccc(NS(=O)(=O)c2cc(C(=O)O)ccc2Cl)c(Cl)c1. The number of benzene rings is 2. The lowest BCUT2D eigenvalue weighted by molar-refractivity contribution is 0.0696. The van der Waals surface area contributed by atoms with Crippen LogP contribution < -0.4 is 4.72 Å². The fraction of sp³-hybridized carbons (Fsp3) is 0.0714. The third-order valence-electron chi connectivity index (χ3n) is 2.84. The molecule has 0 aliphatic heterocycles. The van der Waals surface area contributed by atoms with Crippen molar-refractivity contribution in [2.45, 2.75) is 11.8 Å². The van der Waals surface area contributed by atoms with Crippen LogP contribution >= 0.6 is 23.2 Å². The second-order valence-corrected chi connectivity index (χ2v) is 7.00. The van der Waals surface area contributed by atoms with E-state index in [9.17, 15) is 13.2 Å². The fourth-order valence-electron chi connectivity index (χ4n) is 1.74. The van der Waals surface area contributed by atoms with E-state index >= 15 is 0 Å². The minimum atomic E-state index is -4.07. The Balaban J connectivity index is 2.46. The molecule has 8 heteroatoms. The monoisotopic (exact) mass is 359 g/mol. The van der Waals surface area contributed by atoms with Gasteiger partial charge in [0.25, 0.3) is 10.0 Å².